The van der Waals surface area contributed by atoms with Crippen LogP contribution in [0.1, 0.15) is 66.5 Å². The Morgan fingerprint density at radius 1 is 1.16 bits per heavy atom. The lowest BCUT2D eigenvalue weighted by Crippen LogP contribution is -2.39. The van der Waals surface area contributed by atoms with Gasteiger partial charge in [0.25, 0.3) is 0 Å². The van der Waals surface area contributed by atoms with Crippen LogP contribution >= 0.6 is 12.6 Å². The van der Waals surface area contributed by atoms with Crippen LogP contribution in [0.3, 0.4) is 0 Å². The molecule has 226 valence electrons. The van der Waals surface area contributed by atoms with Gasteiger partial charge in [-0.15, -0.1) is 0 Å². The van der Waals surface area contributed by atoms with Crippen LogP contribution in [0.25, 0.3) is 11.2 Å². The normalized spacial score (nSPS) is 20.7. The number of imidazole rings is 1. The number of aromatic nitrogens is 4. The second kappa shape index (κ2) is 11.5. The molecule has 6 rings (SSSR count). The van der Waals surface area contributed by atoms with Gasteiger partial charge in [0.15, 0.2) is 0 Å². The highest BCUT2D eigenvalue weighted by Gasteiger charge is 2.36. The smallest absolute Gasteiger partial charge is 0.299 e. The number of nitriles is 1. The maximum Gasteiger partial charge on any atom is 0.418 e. The number of aryl methyl sites for hydroxylation is 1. The average molecular weight is 609 g/mol. The van der Waals surface area contributed by atoms with Crippen molar-refractivity contribution in [3.05, 3.63) is 87.4 Å². The van der Waals surface area contributed by atoms with E-state index in [1.807, 2.05) is 31.3 Å². The fourth-order valence-electron chi connectivity index (χ4n) is 6.66. The SMILES string of the molecule is Cc1cn(CC#N)nc1C(c1cccc(-n2cc3c(C(F)(F)F)cc(CN4CCC(S)[C@H](C)C4)cn3c2=O)c1)C1CCC1. The van der Waals surface area contributed by atoms with Crippen molar-refractivity contribution < 1.29 is 13.2 Å². The Kier molecular flexibility index (Phi) is 7.94. The lowest BCUT2D eigenvalue weighted by molar-refractivity contribution is -0.136. The lowest BCUT2D eigenvalue weighted by atomic mass is 9.71. The Labute approximate surface area is 253 Å². The molecule has 2 fully saturated rings. The highest BCUT2D eigenvalue weighted by molar-refractivity contribution is 7.81. The van der Waals surface area contributed by atoms with E-state index in [-0.39, 0.29) is 23.2 Å². The van der Waals surface area contributed by atoms with Gasteiger partial charge in [0.05, 0.1) is 28.5 Å². The maximum absolute atomic E-state index is 14.3. The Hall–Kier alpha value is -3.49. The molecular formula is C32H35F3N6OS. The minimum absolute atomic E-state index is 0.0394. The number of hydrogen-bond donors (Lipinski definition) is 1. The van der Waals surface area contributed by atoms with Crippen LogP contribution in [0.15, 0.2) is 53.7 Å². The van der Waals surface area contributed by atoms with Crippen LogP contribution in [0.2, 0.25) is 0 Å². The molecule has 43 heavy (non-hydrogen) atoms. The zero-order valence-corrected chi connectivity index (χ0v) is 25.2. The summed E-state index contributed by atoms with van der Waals surface area (Å²) in [6.07, 6.45) is 4.16. The van der Waals surface area contributed by atoms with Crippen LogP contribution in [-0.2, 0) is 19.3 Å². The topological polar surface area (TPSA) is 71.3 Å². The van der Waals surface area contributed by atoms with Crippen LogP contribution in [-0.4, -0.2) is 42.0 Å². The van der Waals surface area contributed by atoms with Gasteiger partial charge < -0.3 is 0 Å². The summed E-state index contributed by atoms with van der Waals surface area (Å²) in [7, 11) is 0. The molecule has 3 atom stereocenters. The van der Waals surface area contributed by atoms with E-state index < -0.39 is 17.4 Å². The maximum atomic E-state index is 14.3. The van der Waals surface area contributed by atoms with E-state index >= 15 is 0 Å². The second-order valence-corrected chi connectivity index (χ2v) is 12.8. The minimum atomic E-state index is -4.62. The molecule has 0 spiro atoms. The van der Waals surface area contributed by atoms with Crippen LogP contribution in [0, 0.1) is 30.1 Å². The third-order valence-corrected chi connectivity index (χ3v) is 9.89. The first-order chi connectivity index (χ1) is 20.5. The molecule has 1 saturated carbocycles. The molecule has 4 aromatic rings. The number of alkyl halides is 3. The summed E-state index contributed by atoms with van der Waals surface area (Å²) in [4.78, 5) is 15.8. The molecule has 4 heterocycles. The average Bonchev–Trinajstić information content (AvgIpc) is 3.46. The first kappa shape index (κ1) is 29.6. The summed E-state index contributed by atoms with van der Waals surface area (Å²) in [6.45, 7) is 6.05. The first-order valence-corrected chi connectivity index (χ1v) is 15.3. The molecule has 2 aliphatic rings. The lowest BCUT2D eigenvalue weighted by Gasteiger charge is -2.34. The summed E-state index contributed by atoms with van der Waals surface area (Å²) in [5.41, 5.74) is 2.25. The van der Waals surface area contributed by atoms with Gasteiger partial charge in [-0.25, -0.2) is 4.79 Å². The first-order valence-electron chi connectivity index (χ1n) is 14.8. The molecule has 0 N–H and O–H groups in total. The Morgan fingerprint density at radius 3 is 2.63 bits per heavy atom. The molecule has 7 nitrogen and oxygen atoms in total. The number of thiol groups is 1. The molecule has 0 bridgehead atoms. The molecule has 2 unspecified atom stereocenters. The van der Waals surface area contributed by atoms with Crippen molar-refractivity contribution in [3.63, 3.8) is 0 Å². The number of pyridine rings is 1. The van der Waals surface area contributed by atoms with Crippen molar-refractivity contribution in [2.75, 3.05) is 13.1 Å². The van der Waals surface area contributed by atoms with E-state index in [9.17, 15) is 18.0 Å². The quantitative estimate of drug-likeness (QED) is 0.253. The molecule has 11 heteroatoms. The molecule has 1 aliphatic carbocycles. The number of halogens is 3. The number of rotatable bonds is 7. The molecule has 0 radical (unpaired) electrons. The zero-order valence-electron chi connectivity index (χ0n) is 24.3. The van der Waals surface area contributed by atoms with E-state index in [4.69, 9.17) is 10.4 Å². The Bertz CT molecular complexity index is 1740. The zero-order chi connectivity index (χ0) is 30.5. The predicted octanol–water partition coefficient (Wildman–Crippen LogP) is 6.21. The minimum Gasteiger partial charge on any atom is -0.299 e. The Balaban J connectivity index is 1.40. The highest BCUT2D eigenvalue weighted by Crippen LogP contribution is 2.44. The van der Waals surface area contributed by atoms with Crippen LogP contribution in [0.5, 0.6) is 0 Å². The monoisotopic (exact) mass is 608 g/mol. The van der Waals surface area contributed by atoms with Gasteiger partial charge in [0, 0.05) is 42.8 Å². The predicted molar refractivity (Wildman–Crippen MR) is 162 cm³/mol. The van der Waals surface area contributed by atoms with Crippen molar-refractivity contribution in [2.24, 2.45) is 11.8 Å². The highest BCUT2D eigenvalue weighted by atomic mass is 32.1. The second-order valence-electron chi connectivity index (χ2n) is 12.2. The third-order valence-electron chi connectivity index (χ3n) is 9.12. The van der Waals surface area contributed by atoms with Crippen molar-refractivity contribution in [1.29, 1.82) is 5.26 Å². The van der Waals surface area contributed by atoms with E-state index in [2.05, 4.69) is 30.5 Å². The summed E-state index contributed by atoms with van der Waals surface area (Å²) in [5, 5.41) is 14.2. The number of nitrogens with zero attached hydrogens (tertiary/aromatic N) is 6. The van der Waals surface area contributed by atoms with Crippen LogP contribution in [0.4, 0.5) is 13.2 Å². The van der Waals surface area contributed by atoms with Gasteiger partial charge in [-0.2, -0.15) is 36.2 Å². The van der Waals surface area contributed by atoms with E-state index in [0.717, 1.165) is 60.0 Å². The van der Waals surface area contributed by atoms with E-state index in [1.165, 1.54) is 16.8 Å². The standard InChI is InChI=1S/C32H35F3N6OS/c1-20-15-38(11-9-28(20)43)17-22-13-26(32(33,34)35)27-19-40(31(42)41(27)18-22)25-8-4-7-24(14-25)29(23-5-3-6-23)30-21(2)16-39(37-30)12-10-36/h4,7-8,13-14,16,18-20,23,28-29,43H,3,5-6,9,11-12,15,17H2,1-2H3/t20-,28?,29?/m1/s1. The third kappa shape index (κ3) is 5.75. The van der Waals surface area contributed by atoms with Crippen molar-refractivity contribution in [2.45, 2.75) is 70.0 Å². The fraction of sp³-hybridized carbons (Fsp3) is 0.469. The molecule has 1 aliphatic heterocycles. The fourth-order valence-corrected chi connectivity index (χ4v) is 6.87. The van der Waals surface area contributed by atoms with Crippen molar-refractivity contribution in [1.82, 2.24) is 23.6 Å². The van der Waals surface area contributed by atoms with E-state index in [0.29, 0.717) is 29.6 Å². The molecule has 3 aromatic heterocycles. The van der Waals surface area contributed by atoms with Crippen molar-refractivity contribution in [3.8, 4) is 11.8 Å². The number of hydrogen-bond acceptors (Lipinski definition) is 5. The molecule has 1 saturated heterocycles. The van der Waals surface area contributed by atoms with Gasteiger partial charge in [0.2, 0.25) is 0 Å². The number of benzene rings is 1. The largest absolute Gasteiger partial charge is 0.418 e. The van der Waals surface area contributed by atoms with Crippen molar-refractivity contribution >= 4 is 18.1 Å². The summed E-state index contributed by atoms with van der Waals surface area (Å²) >= 11 is 4.61. The molecule has 1 aromatic carbocycles. The Morgan fingerprint density at radius 2 is 1.95 bits per heavy atom. The van der Waals surface area contributed by atoms with E-state index in [1.54, 1.807) is 16.9 Å². The summed E-state index contributed by atoms with van der Waals surface area (Å²) in [6, 6.07) is 10.8. The van der Waals surface area contributed by atoms with Gasteiger partial charge in [-0.1, -0.05) is 25.5 Å². The molecule has 0 amide bonds. The molecular weight excluding hydrogens is 573 g/mol. The van der Waals surface area contributed by atoms with Gasteiger partial charge in [-0.05, 0) is 79.5 Å². The van der Waals surface area contributed by atoms with Gasteiger partial charge in [0.1, 0.15) is 6.54 Å². The number of piperidine rings is 1. The summed E-state index contributed by atoms with van der Waals surface area (Å²) < 4.78 is 47.1. The number of likely N-dealkylation sites (tertiary alicyclic amines) is 1. The van der Waals surface area contributed by atoms with Gasteiger partial charge >= 0.3 is 11.9 Å². The van der Waals surface area contributed by atoms with Gasteiger partial charge in [-0.3, -0.25) is 18.5 Å². The number of fused-ring (bicyclic) bond motifs is 1. The van der Waals surface area contributed by atoms with Crippen LogP contribution < -0.4 is 5.69 Å². The summed E-state index contributed by atoms with van der Waals surface area (Å²) in [5.74, 6) is 0.646.